The number of rotatable bonds is 4. The Bertz CT molecular complexity index is 709. The summed E-state index contributed by atoms with van der Waals surface area (Å²) in [6.45, 7) is 14.6. The van der Waals surface area contributed by atoms with Crippen LogP contribution < -0.4 is 0 Å². The van der Waals surface area contributed by atoms with E-state index in [0.29, 0.717) is 23.2 Å². The van der Waals surface area contributed by atoms with Gasteiger partial charge in [-0.05, 0) is 97.7 Å². The molecule has 2 heteroatoms. The molecule has 1 N–H and O–H groups in total. The molecule has 3 fully saturated rings. The number of aliphatic hydroxyl groups excluding tert-OH is 1. The second kappa shape index (κ2) is 7.98. The highest BCUT2D eigenvalue weighted by atomic mass is 32.1. The summed E-state index contributed by atoms with van der Waals surface area (Å²) < 4.78 is -0.0202. The van der Waals surface area contributed by atoms with Gasteiger partial charge in [-0.1, -0.05) is 65.3 Å². The number of hydrogen-bond donors (Lipinski definition) is 2. The Labute approximate surface area is 191 Å². The first kappa shape index (κ1) is 23.0. The Kier molecular flexibility index (Phi) is 6.11. The van der Waals surface area contributed by atoms with Gasteiger partial charge < -0.3 is 5.11 Å². The standard InChI is InChI=1S/C28H46OS/c1-18(2)19(3)7-8-20(4)23-9-10-24-22-12-16-28(30)17-21(29)11-15-27(28,6)25(22)13-14-26(23,24)5/h7-8,12,18-21,23-25,29-30H,9-11,13-17H2,1-6H3/b8-7+/t19-,20+,21-,23+,24-,25?,26+,27+,28+/m0/s1. The van der Waals surface area contributed by atoms with Crippen LogP contribution in [-0.2, 0) is 0 Å². The predicted molar refractivity (Wildman–Crippen MR) is 132 cm³/mol. The summed E-state index contributed by atoms with van der Waals surface area (Å²) in [7, 11) is 0. The first-order chi connectivity index (χ1) is 14.0. The molecule has 0 spiro atoms. The average Bonchev–Trinajstić information content (AvgIpc) is 3.04. The lowest BCUT2D eigenvalue weighted by atomic mass is 9.47. The summed E-state index contributed by atoms with van der Waals surface area (Å²) in [4.78, 5) is 0. The van der Waals surface area contributed by atoms with Gasteiger partial charge in [0.25, 0.3) is 0 Å². The van der Waals surface area contributed by atoms with Crippen LogP contribution in [0.4, 0.5) is 0 Å². The normalized spacial score (nSPS) is 48.1. The third-order valence-corrected chi connectivity index (χ3v) is 11.5. The molecule has 4 aliphatic rings. The Morgan fingerprint density at radius 2 is 1.73 bits per heavy atom. The number of thiol groups is 1. The van der Waals surface area contributed by atoms with E-state index in [9.17, 15) is 5.11 Å². The minimum atomic E-state index is -0.156. The van der Waals surface area contributed by atoms with Gasteiger partial charge in [0.05, 0.1) is 6.10 Å². The maximum atomic E-state index is 10.4. The van der Waals surface area contributed by atoms with Gasteiger partial charge in [-0.3, -0.25) is 0 Å². The van der Waals surface area contributed by atoms with Crippen molar-refractivity contribution in [2.45, 2.75) is 104 Å². The Balaban J connectivity index is 1.57. The highest BCUT2D eigenvalue weighted by Gasteiger charge is 2.61. The summed E-state index contributed by atoms with van der Waals surface area (Å²) in [6.07, 6.45) is 16.9. The zero-order valence-electron chi connectivity index (χ0n) is 20.3. The van der Waals surface area contributed by atoms with E-state index < -0.39 is 0 Å². The van der Waals surface area contributed by atoms with E-state index in [1.54, 1.807) is 5.57 Å². The molecule has 0 bridgehead atoms. The summed E-state index contributed by atoms with van der Waals surface area (Å²) >= 11 is 5.26. The molecule has 4 rings (SSSR count). The van der Waals surface area contributed by atoms with Crippen molar-refractivity contribution in [3.63, 3.8) is 0 Å². The number of fused-ring (bicyclic) bond motifs is 5. The third-order valence-electron chi connectivity index (χ3n) is 10.7. The van der Waals surface area contributed by atoms with Crippen LogP contribution in [0.1, 0.15) is 92.9 Å². The SMILES string of the molecule is CC(C)[C@@H](C)/C=C/[C@@H](C)[C@H]1CC[C@H]2C3=CC[C@@]4(S)C[C@@H](O)CC[C@]4(C)C3CC[C@]12C. The summed E-state index contributed by atoms with van der Waals surface area (Å²) in [5.41, 5.74) is 2.49. The van der Waals surface area contributed by atoms with Gasteiger partial charge in [-0.15, -0.1) is 0 Å². The second-order valence-corrected chi connectivity index (χ2v) is 13.3. The fraction of sp³-hybridized carbons (Fsp3) is 0.857. The van der Waals surface area contributed by atoms with Crippen LogP contribution in [0.3, 0.4) is 0 Å². The van der Waals surface area contributed by atoms with E-state index in [0.717, 1.165) is 43.4 Å². The van der Waals surface area contributed by atoms with Crippen molar-refractivity contribution in [1.82, 2.24) is 0 Å². The summed E-state index contributed by atoms with van der Waals surface area (Å²) in [5.74, 6) is 4.31. The lowest BCUT2D eigenvalue weighted by Gasteiger charge is -2.61. The first-order valence-corrected chi connectivity index (χ1v) is 13.3. The molecule has 4 aliphatic carbocycles. The van der Waals surface area contributed by atoms with E-state index in [4.69, 9.17) is 12.6 Å². The molecule has 170 valence electrons. The lowest BCUT2D eigenvalue weighted by Crippen LogP contribution is -2.57. The Morgan fingerprint density at radius 3 is 2.43 bits per heavy atom. The molecule has 1 unspecified atom stereocenters. The second-order valence-electron chi connectivity index (χ2n) is 12.4. The van der Waals surface area contributed by atoms with Crippen LogP contribution in [0.2, 0.25) is 0 Å². The first-order valence-electron chi connectivity index (χ1n) is 12.8. The molecule has 0 radical (unpaired) electrons. The topological polar surface area (TPSA) is 20.2 Å². The molecule has 30 heavy (non-hydrogen) atoms. The lowest BCUT2D eigenvalue weighted by molar-refractivity contribution is -0.0243. The average molecular weight is 431 g/mol. The van der Waals surface area contributed by atoms with Gasteiger partial charge in [0.1, 0.15) is 0 Å². The van der Waals surface area contributed by atoms with Gasteiger partial charge in [0.15, 0.2) is 0 Å². The molecule has 0 aromatic rings. The molecule has 0 amide bonds. The zero-order valence-corrected chi connectivity index (χ0v) is 21.2. The van der Waals surface area contributed by atoms with Crippen molar-refractivity contribution in [1.29, 1.82) is 0 Å². The van der Waals surface area contributed by atoms with Crippen molar-refractivity contribution in [3.05, 3.63) is 23.8 Å². The van der Waals surface area contributed by atoms with Crippen LogP contribution in [0.25, 0.3) is 0 Å². The molecular formula is C28H46OS. The van der Waals surface area contributed by atoms with Crippen LogP contribution in [-0.4, -0.2) is 16.0 Å². The van der Waals surface area contributed by atoms with Crippen LogP contribution in [0.15, 0.2) is 23.8 Å². The molecule has 9 atom stereocenters. The smallest absolute Gasteiger partial charge is 0.0554 e. The van der Waals surface area contributed by atoms with Crippen molar-refractivity contribution >= 4 is 12.6 Å². The quantitative estimate of drug-likeness (QED) is 0.350. The van der Waals surface area contributed by atoms with E-state index in [1.807, 2.05) is 0 Å². The summed E-state index contributed by atoms with van der Waals surface area (Å²) in [5, 5.41) is 10.4. The third kappa shape index (κ3) is 3.47. The van der Waals surface area contributed by atoms with Crippen LogP contribution in [0.5, 0.6) is 0 Å². The molecule has 0 aliphatic heterocycles. The number of hydrogen-bond acceptors (Lipinski definition) is 2. The van der Waals surface area contributed by atoms with Gasteiger partial charge in [0.2, 0.25) is 0 Å². The Morgan fingerprint density at radius 1 is 1.00 bits per heavy atom. The van der Waals surface area contributed by atoms with Crippen LogP contribution >= 0.6 is 12.6 Å². The van der Waals surface area contributed by atoms with Crippen molar-refractivity contribution in [2.24, 2.45) is 46.3 Å². The number of allylic oxidation sites excluding steroid dienone is 4. The van der Waals surface area contributed by atoms with Crippen molar-refractivity contribution in [3.8, 4) is 0 Å². The fourth-order valence-electron chi connectivity index (χ4n) is 8.10. The summed E-state index contributed by atoms with van der Waals surface area (Å²) in [6, 6.07) is 0. The predicted octanol–water partition coefficient (Wildman–Crippen LogP) is 7.46. The maximum absolute atomic E-state index is 10.4. The maximum Gasteiger partial charge on any atom is 0.0554 e. The molecule has 0 heterocycles. The van der Waals surface area contributed by atoms with Crippen molar-refractivity contribution in [2.75, 3.05) is 0 Å². The Hall–Kier alpha value is -0.210. The minimum absolute atomic E-state index is 0.0202. The van der Waals surface area contributed by atoms with E-state index in [1.165, 1.54) is 25.7 Å². The van der Waals surface area contributed by atoms with Crippen LogP contribution in [0, 0.1) is 46.3 Å². The monoisotopic (exact) mass is 430 g/mol. The van der Waals surface area contributed by atoms with E-state index in [2.05, 4.69) is 59.8 Å². The van der Waals surface area contributed by atoms with Gasteiger partial charge in [-0.2, -0.15) is 12.6 Å². The van der Waals surface area contributed by atoms with Crippen molar-refractivity contribution < 1.29 is 5.11 Å². The molecular weight excluding hydrogens is 384 g/mol. The van der Waals surface area contributed by atoms with E-state index >= 15 is 0 Å². The highest BCUT2D eigenvalue weighted by molar-refractivity contribution is 7.81. The molecule has 1 nitrogen and oxygen atoms in total. The van der Waals surface area contributed by atoms with Gasteiger partial charge in [0, 0.05) is 4.75 Å². The zero-order chi connectivity index (χ0) is 21.9. The van der Waals surface area contributed by atoms with E-state index in [-0.39, 0.29) is 16.3 Å². The molecule has 0 saturated heterocycles. The minimum Gasteiger partial charge on any atom is -0.393 e. The number of aliphatic hydroxyl groups is 1. The largest absolute Gasteiger partial charge is 0.393 e. The van der Waals surface area contributed by atoms with Gasteiger partial charge >= 0.3 is 0 Å². The molecule has 3 saturated carbocycles. The fourth-order valence-corrected chi connectivity index (χ4v) is 8.67. The molecule has 0 aromatic heterocycles. The molecule has 0 aromatic carbocycles. The van der Waals surface area contributed by atoms with Gasteiger partial charge in [-0.25, -0.2) is 0 Å². The highest BCUT2D eigenvalue weighted by Crippen LogP contribution is 2.68.